The van der Waals surface area contributed by atoms with Gasteiger partial charge in [0.15, 0.2) is 17.5 Å². The van der Waals surface area contributed by atoms with Gasteiger partial charge in [-0.1, -0.05) is 18.9 Å². The van der Waals surface area contributed by atoms with Crippen molar-refractivity contribution >= 4 is 29.9 Å². The molecule has 3 N–H and O–H groups in total. The molecule has 1 aliphatic heterocycles. The van der Waals surface area contributed by atoms with Crippen molar-refractivity contribution in [3.05, 3.63) is 23.8 Å². The van der Waals surface area contributed by atoms with Crippen LogP contribution in [-0.2, 0) is 6.54 Å². The van der Waals surface area contributed by atoms with Gasteiger partial charge >= 0.3 is 0 Å². The first-order valence-electron chi connectivity index (χ1n) is 10.4. The highest BCUT2D eigenvalue weighted by atomic mass is 127. The molecular weight excluding hydrogens is 467 g/mol. The number of phenols is 1. The van der Waals surface area contributed by atoms with Crippen molar-refractivity contribution in [3.63, 3.8) is 0 Å². The van der Waals surface area contributed by atoms with Crippen LogP contribution in [0, 0.1) is 0 Å². The number of halogens is 1. The second-order valence-corrected chi connectivity index (χ2v) is 6.97. The minimum absolute atomic E-state index is 0. The maximum Gasteiger partial charge on any atom is 0.191 e. The molecule has 1 aromatic carbocycles. The van der Waals surface area contributed by atoms with Crippen LogP contribution in [0.5, 0.6) is 11.5 Å². The first-order chi connectivity index (χ1) is 13.2. The summed E-state index contributed by atoms with van der Waals surface area (Å²) in [5.41, 5.74) is 1.01. The number of nitrogens with zero attached hydrogens (tertiary/aromatic N) is 2. The van der Waals surface area contributed by atoms with Crippen LogP contribution in [0.1, 0.15) is 51.5 Å². The highest BCUT2D eigenvalue weighted by molar-refractivity contribution is 14.0. The zero-order valence-corrected chi connectivity index (χ0v) is 19.7. The van der Waals surface area contributed by atoms with Gasteiger partial charge in [-0.25, -0.2) is 4.99 Å². The van der Waals surface area contributed by atoms with Crippen molar-refractivity contribution in [1.29, 1.82) is 0 Å². The zero-order chi connectivity index (χ0) is 19.3. The van der Waals surface area contributed by atoms with Gasteiger partial charge in [0.05, 0.1) is 13.2 Å². The van der Waals surface area contributed by atoms with Crippen molar-refractivity contribution in [1.82, 2.24) is 15.5 Å². The summed E-state index contributed by atoms with van der Waals surface area (Å²) in [5, 5.41) is 16.5. The molecule has 0 atom stereocenters. The van der Waals surface area contributed by atoms with Gasteiger partial charge < -0.3 is 25.4 Å². The molecule has 0 amide bonds. The van der Waals surface area contributed by atoms with Crippen molar-refractivity contribution in [2.45, 2.75) is 52.5 Å². The van der Waals surface area contributed by atoms with Gasteiger partial charge in [-0.3, -0.25) is 0 Å². The number of likely N-dealkylation sites (tertiary alicyclic amines) is 1. The quantitative estimate of drug-likeness (QED) is 0.207. The second-order valence-electron chi connectivity index (χ2n) is 6.97. The molecular formula is C21H37IN4O2. The van der Waals surface area contributed by atoms with Gasteiger partial charge in [0.25, 0.3) is 0 Å². The third kappa shape index (κ3) is 9.32. The number of hydrogen-bond acceptors (Lipinski definition) is 4. The number of hydrogen-bond donors (Lipinski definition) is 3. The molecule has 7 heteroatoms. The molecule has 1 aromatic rings. The Morgan fingerprint density at radius 1 is 1.14 bits per heavy atom. The number of phenolic OH excluding ortho intramolecular Hbond substituents is 1. The minimum atomic E-state index is 0. The van der Waals surface area contributed by atoms with Crippen LogP contribution < -0.4 is 15.4 Å². The molecule has 0 aromatic heterocycles. The molecule has 0 unspecified atom stereocenters. The number of aliphatic imine (C=N–C) groups is 1. The fourth-order valence-electron chi connectivity index (χ4n) is 3.31. The topological polar surface area (TPSA) is 69.1 Å². The van der Waals surface area contributed by atoms with E-state index in [1.165, 1.54) is 38.8 Å². The fourth-order valence-corrected chi connectivity index (χ4v) is 3.31. The largest absolute Gasteiger partial charge is 0.504 e. The standard InChI is InChI=1S/C21H36N4O2.HI/c1-3-22-21(23-12-9-15-25-13-7-5-6-8-14-25)24-17-18-10-11-19(26)20(16-18)27-4-2;/h10-11,16,26H,3-9,12-15,17H2,1-2H3,(H2,22,23,24);1H. The van der Waals surface area contributed by atoms with Crippen molar-refractivity contribution in [2.24, 2.45) is 4.99 Å². The van der Waals surface area contributed by atoms with E-state index < -0.39 is 0 Å². The SMILES string of the molecule is CCNC(=NCc1ccc(O)c(OCC)c1)NCCCN1CCCCCC1.I. The maximum absolute atomic E-state index is 9.81. The van der Waals surface area contributed by atoms with E-state index in [2.05, 4.69) is 27.4 Å². The molecule has 0 spiro atoms. The summed E-state index contributed by atoms with van der Waals surface area (Å²) < 4.78 is 5.44. The molecule has 1 aliphatic rings. The molecule has 160 valence electrons. The van der Waals surface area contributed by atoms with E-state index in [0.29, 0.717) is 18.9 Å². The summed E-state index contributed by atoms with van der Waals surface area (Å²) in [6, 6.07) is 5.40. The van der Waals surface area contributed by atoms with Gasteiger partial charge in [0.2, 0.25) is 0 Å². The number of benzene rings is 1. The predicted molar refractivity (Wildman–Crippen MR) is 127 cm³/mol. The number of guanidine groups is 1. The number of ether oxygens (including phenoxy) is 1. The van der Waals surface area contributed by atoms with Crippen molar-refractivity contribution in [2.75, 3.05) is 39.3 Å². The van der Waals surface area contributed by atoms with E-state index in [9.17, 15) is 5.11 Å². The van der Waals surface area contributed by atoms with Gasteiger partial charge in [0, 0.05) is 13.1 Å². The highest BCUT2D eigenvalue weighted by Crippen LogP contribution is 2.27. The fraction of sp³-hybridized carbons (Fsp3) is 0.667. The summed E-state index contributed by atoms with van der Waals surface area (Å²) in [6.07, 6.45) is 6.57. The van der Waals surface area contributed by atoms with Gasteiger partial charge in [-0.15, -0.1) is 24.0 Å². The van der Waals surface area contributed by atoms with E-state index in [4.69, 9.17) is 4.74 Å². The van der Waals surface area contributed by atoms with E-state index in [0.717, 1.165) is 37.6 Å². The average molecular weight is 504 g/mol. The Labute approximate surface area is 187 Å². The molecule has 1 saturated heterocycles. The molecule has 0 aliphatic carbocycles. The van der Waals surface area contributed by atoms with E-state index in [1.807, 2.05) is 19.1 Å². The van der Waals surface area contributed by atoms with Crippen LogP contribution in [0.4, 0.5) is 0 Å². The van der Waals surface area contributed by atoms with Crippen LogP contribution in [0.25, 0.3) is 0 Å². The van der Waals surface area contributed by atoms with Crippen molar-refractivity contribution < 1.29 is 9.84 Å². The number of nitrogens with one attached hydrogen (secondary N) is 2. The Morgan fingerprint density at radius 3 is 2.57 bits per heavy atom. The van der Waals surface area contributed by atoms with Gasteiger partial charge in [-0.2, -0.15) is 0 Å². The number of rotatable bonds is 9. The lowest BCUT2D eigenvalue weighted by Crippen LogP contribution is -2.39. The Balaban J connectivity index is 0.00000392. The monoisotopic (exact) mass is 504 g/mol. The third-order valence-corrected chi connectivity index (χ3v) is 4.73. The molecule has 6 nitrogen and oxygen atoms in total. The lowest BCUT2D eigenvalue weighted by molar-refractivity contribution is 0.282. The summed E-state index contributed by atoms with van der Waals surface area (Å²) in [7, 11) is 0. The normalized spacial score (nSPS) is 15.4. The first kappa shape index (κ1) is 24.8. The lowest BCUT2D eigenvalue weighted by atomic mass is 10.2. The van der Waals surface area contributed by atoms with Gasteiger partial charge in [-0.05, 0) is 70.4 Å². The third-order valence-electron chi connectivity index (χ3n) is 4.73. The van der Waals surface area contributed by atoms with Crippen LogP contribution >= 0.6 is 24.0 Å². The van der Waals surface area contributed by atoms with Crippen molar-refractivity contribution in [3.8, 4) is 11.5 Å². The lowest BCUT2D eigenvalue weighted by Gasteiger charge is -2.20. The molecule has 1 fully saturated rings. The van der Waals surface area contributed by atoms with E-state index in [1.54, 1.807) is 6.07 Å². The molecule has 2 rings (SSSR count). The summed E-state index contributed by atoms with van der Waals surface area (Å²) in [4.78, 5) is 7.25. The second kappa shape index (κ2) is 14.7. The molecule has 0 bridgehead atoms. The molecule has 1 heterocycles. The Kier molecular flexibility index (Phi) is 13.1. The van der Waals surface area contributed by atoms with Gasteiger partial charge in [0.1, 0.15) is 0 Å². The number of aromatic hydroxyl groups is 1. The van der Waals surface area contributed by atoms with E-state index in [-0.39, 0.29) is 29.7 Å². The Bertz CT molecular complexity index is 576. The first-order valence-corrected chi connectivity index (χ1v) is 10.4. The summed E-state index contributed by atoms with van der Waals surface area (Å²) >= 11 is 0. The highest BCUT2D eigenvalue weighted by Gasteiger charge is 2.08. The molecule has 28 heavy (non-hydrogen) atoms. The average Bonchev–Trinajstić information content (AvgIpc) is 2.94. The van der Waals surface area contributed by atoms with E-state index >= 15 is 0 Å². The summed E-state index contributed by atoms with van der Waals surface area (Å²) in [6.45, 7) is 10.4. The summed E-state index contributed by atoms with van der Waals surface area (Å²) in [5.74, 6) is 1.52. The van der Waals surface area contributed by atoms with Crippen LogP contribution in [0.2, 0.25) is 0 Å². The predicted octanol–water partition coefficient (Wildman–Crippen LogP) is 3.73. The van der Waals surface area contributed by atoms with Crippen LogP contribution in [-0.4, -0.2) is 55.3 Å². The Hall–Kier alpha value is -1.22. The minimum Gasteiger partial charge on any atom is -0.504 e. The molecule has 0 saturated carbocycles. The maximum atomic E-state index is 9.81. The van der Waals surface area contributed by atoms with Crippen LogP contribution in [0.15, 0.2) is 23.2 Å². The molecule has 0 radical (unpaired) electrons. The Morgan fingerprint density at radius 2 is 1.89 bits per heavy atom. The zero-order valence-electron chi connectivity index (χ0n) is 17.4. The van der Waals surface area contributed by atoms with Crippen LogP contribution in [0.3, 0.4) is 0 Å². The smallest absolute Gasteiger partial charge is 0.191 e.